The smallest absolute Gasteiger partial charge is 0.161 e. The summed E-state index contributed by atoms with van der Waals surface area (Å²) in [5, 5.41) is 5.03. The van der Waals surface area contributed by atoms with E-state index in [4.69, 9.17) is 11.6 Å². The van der Waals surface area contributed by atoms with Crippen LogP contribution in [0.5, 0.6) is 0 Å². The van der Waals surface area contributed by atoms with E-state index in [1.165, 1.54) is 0 Å². The van der Waals surface area contributed by atoms with Crippen molar-refractivity contribution < 1.29 is 0 Å². The second-order valence-corrected chi connectivity index (χ2v) is 5.86. The Kier molecular flexibility index (Phi) is 4.16. The van der Waals surface area contributed by atoms with Gasteiger partial charge in [0.1, 0.15) is 0 Å². The second kappa shape index (κ2) is 5.43. The molecule has 1 N–H and O–H groups in total. The van der Waals surface area contributed by atoms with Crippen LogP contribution in [0.3, 0.4) is 0 Å². The molecule has 0 saturated carbocycles. The zero-order chi connectivity index (χ0) is 11.5. The fraction of sp³-hybridized carbons (Fsp3) is 0.364. The van der Waals surface area contributed by atoms with E-state index in [2.05, 4.69) is 33.2 Å². The number of hydrogen-bond donors (Lipinski definition) is 1. The van der Waals surface area contributed by atoms with Crippen molar-refractivity contribution in [2.45, 2.75) is 19.4 Å². The highest BCUT2D eigenvalue weighted by Gasteiger charge is 2.16. The molecular weight excluding hydrogens is 308 g/mol. The minimum absolute atomic E-state index is 0.457. The van der Waals surface area contributed by atoms with Crippen LogP contribution in [0, 0.1) is 0 Å². The minimum atomic E-state index is 0.457. The Labute approximate surface area is 113 Å². The first-order valence-electron chi connectivity index (χ1n) is 5.11. The SMILES string of the molecule is CCC1CSC(Nc2ccc(Cl)cc2Br)=N1. The normalized spacial score (nSPS) is 19.7. The summed E-state index contributed by atoms with van der Waals surface area (Å²) in [7, 11) is 0. The summed E-state index contributed by atoms with van der Waals surface area (Å²) in [6, 6.07) is 6.15. The van der Waals surface area contributed by atoms with Crippen molar-refractivity contribution >= 4 is 50.1 Å². The van der Waals surface area contributed by atoms with Gasteiger partial charge in [-0.1, -0.05) is 30.3 Å². The molecule has 1 atom stereocenters. The number of amidine groups is 1. The molecule has 0 aromatic heterocycles. The van der Waals surface area contributed by atoms with E-state index >= 15 is 0 Å². The van der Waals surface area contributed by atoms with Gasteiger partial charge in [0.2, 0.25) is 0 Å². The van der Waals surface area contributed by atoms with Crippen LogP contribution in [0.2, 0.25) is 5.02 Å². The van der Waals surface area contributed by atoms with Crippen LogP contribution in [0.15, 0.2) is 27.7 Å². The highest BCUT2D eigenvalue weighted by Crippen LogP contribution is 2.28. The van der Waals surface area contributed by atoms with Gasteiger partial charge in [0.15, 0.2) is 5.17 Å². The maximum Gasteiger partial charge on any atom is 0.161 e. The molecular formula is C11H12BrClN2S. The molecule has 1 aromatic rings. The first kappa shape index (κ1) is 12.3. The Morgan fingerprint density at radius 1 is 1.62 bits per heavy atom. The summed E-state index contributed by atoms with van der Waals surface area (Å²) < 4.78 is 0.961. The first-order chi connectivity index (χ1) is 7.69. The lowest BCUT2D eigenvalue weighted by Gasteiger charge is -2.07. The largest absolute Gasteiger partial charge is 0.334 e. The van der Waals surface area contributed by atoms with Gasteiger partial charge in [0.05, 0.1) is 11.7 Å². The number of nitrogens with one attached hydrogen (secondary N) is 1. The van der Waals surface area contributed by atoms with Crippen LogP contribution in [0.25, 0.3) is 0 Å². The molecule has 1 heterocycles. The molecule has 2 nitrogen and oxygen atoms in total. The molecule has 0 radical (unpaired) electrons. The number of thioether (sulfide) groups is 1. The highest BCUT2D eigenvalue weighted by molar-refractivity contribution is 9.10. The molecule has 16 heavy (non-hydrogen) atoms. The van der Waals surface area contributed by atoms with Gasteiger partial charge in [0.25, 0.3) is 0 Å². The van der Waals surface area contributed by atoms with Gasteiger partial charge in [-0.3, -0.25) is 4.99 Å². The summed E-state index contributed by atoms with van der Waals surface area (Å²) in [6.45, 7) is 2.16. The van der Waals surface area contributed by atoms with Crippen molar-refractivity contribution in [3.8, 4) is 0 Å². The van der Waals surface area contributed by atoms with Crippen molar-refractivity contribution in [3.05, 3.63) is 27.7 Å². The monoisotopic (exact) mass is 318 g/mol. The molecule has 0 fully saturated rings. The summed E-state index contributed by atoms with van der Waals surface area (Å²) in [4.78, 5) is 4.58. The predicted octanol–water partition coefficient (Wildman–Crippen LogP) is 4.40. The molecule has 86 valence electrons. The molecule has 5 heteroatoms. The Morgan fingerprint density at radius 2 is 2.44 bits per heavy atom. The fourth-order valence-corrected chi connectivity index (χ4v) is 3.25. The Hall–Kier alpha value is -0.190. The van der Waals surface area contributed by atoms with E-state index in [1.54, 1.807) is 11.8 Å². The van der Waals surface area contributed by atoms with Crippen molar-refractivity contribution in [2.24, 2.45) is 4.99 Å². The van der Waals surface area contributed by atoms with E-state index < -0.39 is 0 Å². The van der Waals surface area contributed by atoms with Gasteiger partial charge in [-0.25, -0.2) is 0 Å². The maximum atomic E-state index is 5.89. The number of rotatable bonds is 2. The van der Waals surface area contributed by atoms with Gasteiger partial charge in [-0.05, 0) is 40.5 Å². The van der Waals surface area contributed by atoms with Gasteiger partial charge >= 0.3 is 0 Å². The molecule has 0 spiro atoms. The topological polar surface area (TPSA) is 24.4 Å². The Bertz CT molecular complexity index is 422. The highest BCUT2D eigenvalue weighted by atomic mass is 79.9. The molecule has 0 saturated heterocycles. The Balaban J connectivity index is 2.10. The molecule has 1 aliphatic rings. The zero-order valence-electron chi connectivity index (χ0n) is 8.84. The van der Waals surface area contributed by atoms with E-state index in [0.29, 0.717) is 6.04 Å². The molecule has 0 aliphatic carbocycles. The molecule has 1 unspecified atom stereocenters. The van der Waals surface area contributed by atoms with E-state index in [-0.39, 0.29) is 0 Å². The van der Waals surface area contributed by atoms with Crippen molar-refractivity contribution in [1.82, 2.24) is 0 Å². The standard InChI is InChI=1S/C11H12BrClN2S/c1-2-8-6-16-11(14-8)15-10-4-3-7(13)5-9(10)12/h3-5,8H,2,6H2,1H3,(H,14,15). The van der Waals surface area contributed by atoms with Gasteiger partial charge in [-0.15, -0.1) is 0 Å². The lowest BCUT2D eigenvalue weighted by atomic mass is 10.3. The van der Waals surface area contributed by atoms with Crippen LogP contribution in [-0.2, 0) is 0 Å². The molecule has 2 rings (SSSR count). The van der Waals surface area contributed by atoms with Gasteiger partial charge in [0, 0.05) is 15.2 Å². The second-order valence-electron chi connectivity index (χ2n) is 3.56. The molecule has 0 amide bonds. The first-order valence-corrected chi connectivity index (χ1v) is 7.27. The van der Waals surface area contributed by atoms with Crippen molar-refractivity contribution in [3.63, 3.8) is 0 Å². The zero-order valence-corrected chi connectivity index (χ0v) is 12.0. The number of anilines is 1. The summed E-state index contributed by atoms with van der Waals surface area (Å²) in [5.74, 6) is 1.07. The van der Waals surface area contributed by atoms with Crippen molar-refractivity contribution in [2.75, 3.05) is 11.1 Å². The van der Waals surface area contributed by atoms with Gasteiger partial charge in [-0.2, -0.15) is 0 Å². The summed E-state index contributed by atoms with van der Waals surface area (Å²) >= 11 is 11.1. The molecule has 1 aromatic carbocycles. The third-order valence-electron chi connectivity index (χ3n) is 2.36. The quantitative estimate of drug-likeness (QED) is 0.874. The predicted molar refractivity (Wildman–Crippen MR) is 76.7 cm³/mol. The number of halogens is 2. The molecule has 0 bridgehead atoms. The average molecular weight is 320 g/mol. The van der Waals surface area contributed by atoms with Gasteiger partial charge < -0.3 is 5.32 Å². The number of benzene rings is 1. The van der Waals surface area contributed by atoms with E-state index in [9.17, 15) is 0 Å². The van der Waals surface area contributed by atoms with Crippen LogP contribution in [0.4, 0.5) is 5.69 Å². The van der Waals surface area contributed by atoms with Crippen LogP contribution >= 0.6 is 39.3 Å². The summed E-state index contributed by atoms with van der Waals surface area (Å²) in [5.41, 5.74) is 1.01. The Morgan fingerprint density at radius 3 is 3.06 bits per heavy atom. The maximum absolute atomic E-state index is 5.89. The third-order valence-corrected chi connectivity index (χ3v) is 4.28. The van der Waals surface area contributed by atoms with Crippen molar-refractivity contribution in [1.29, 1.82) is 0 Å². The lowest BCUT2D eigenvalue weighted by molar-refractivity contribution is 0.738. The lowest BCUT2D eigenvalue weighted by Crippen LogP contribution is -2.05. The average Bonchev–Trinajstić information content (AvgIpc) is 2.70. The van der Waals surface area contributed by atoms with Crippen LogP contribution in [0.1, 0.15) is 13.3 Å². The third kappa shape index (κ3) is 2.93. The summed E-state index contributed by atoms with van der Waals surface area (Å²) in [6.07, 6.45) is 1.10. The fourth-order valence-electron chi connectivity index (χ4n) is 1.40. The molecule has 1 aliphatic heterocycles. The van der Waals surface area contributed by atoms with Crippen LogP contribution < -0.4 is 5.32 Å². The number of nitrogens with zero attached hydrogens (tertiary/aromatic N) is 1. The number of aliphatic imine (C=N–C) groups is 1. The van der Waals surface area contributed by atoms with Crippen LogP contribution in [-0.4, -0.2) is 17.0 Å². The van der Waals surface area contributed by atoms with E-state index in [0.717, 1.165) is 32.5 Å². The minimum Gasteiger partial charge on any atom is -0.334 e. The number of hydrogen-bond acceptors (Lipinski definition) is 3. The van der Waals surface area contributed by atoms with E-state index in [1.807, 2.05) is 18.2 Å².